The van der Waals surface area contributed by atoms with Crippen molar-refractivity contribution in [3.05, 3.63) is 29.6 Å². The van der Waals surface area contributed by atoms with Crippen LogP contribution in [0.25, 0.3) is 0 Å². The number of nitrogens with zero attached hydrogens (tertiary/aromatic N) is 1. The van der Waals surface area contributed by atoms with Crippen LogP contribution in [0.15, 0.2) is 18.2 Å². The fourth-order valence-corrected chi connectivity index (χ4v) is 4.68. The van der Waals surface area contributed by atoms with Crippen LogP contribution in [0.2, 0.25) is 0 Å². The first kappa shape index (κ1) is 21.6. The van der Waals surface area contributed by atoms with Crippen LogP contribution >= 0.6 is 0 Å². The van der Waals surface area contributed by atoms with Gasteiger partial charge in [-0.05, 0) is 49.8 Å². The van der Waals surface area contributed by atoms with Gasteiger partial charge in [-0.3, -0.25) is 4.79 Å². The molecule has 0 spiro atoms. The van der Waals surface area contributed by atoms with E-state index in [9.17, 15) is 17.6 Å². The Kier molecular flexibility index (Phi) is 8.50. The average Bonchev–Trinajstić information content (AvgIpc) is 2.59. The number of carbonyl (C=O) groups is 1. The molecule has 0 aliphatic carbocycles. The van der Waals surface area contributed by atoms with E-state index in [2.05, 4.69) is 5.32 Å². The molecule has 1 amide bonds. The third kappa shape index (κ3) is 7.46. The molecule has 1 aromatic rings. The summed E-state index contributed by atoms with van der Waals surface area (Å²) in [5.74, 6) is -0.127. The molecule has 0 atom stereocenters. The maximum atomic E-state index is 13.8. The number of sulfonamides is 1. The van der Waals surface area contributed by atoms with Crippen LogP contribution in [0.1, 0.15) is 44.6 Å². The Morgan fingerprint density at radius 3 is 2.78 bits per heavy atom. The number of rotatable bonds is 2. The zero-order valence-corrected chi connectivity index (χ0v) is 16.7. The van der Waals surface area contributed by atoms with Gasteiger partial charge in [0.15, 0.2) is 0 Å². The van der Waals surface area contributed by atoms with Crippen molar-refractivity contribution in [1.29, 1.82) is 0 Å². The van der Waals surface area contributed by atoms with Crippen molar-refractivity contribution in [2.75, 3.05) is 32.0 Å². The molecule has 152 valence electrons. The summed E-state index contributed by atoms with van der Waals surface area (Å²) in [6.45, 7) is 3.62. The summed E-state index contributed by atoms with van der Waals surface area (Å²) in [6.07, 6.45) is 3.03. The van der Waals surface area contributed by atoms with Crippen LogP contribution in [0.5, 0.6) is 5.75 Å². The molecule has 1 aliphatic heterocycles. The first-order chi connectivity index (χ1) is 12.9. The smallest absolute Gasteiger partial charge is 0.220 e. The molecule has 0 aromatic heterocycles. The minimum Gasteiger partial charge on any atom is -0.493 e. The van der Waals surface area contributed by atoms with Crippen LogP contribution in [-0.2, 0) is 21.2 Å². The van der Waals surface area contributed by atoms with Crippen molar-refractivity contribution in [2.45, 2.75) is 45.4 Å². The third-order valence-electron chi connectivity index (χ3n) is 4.41. The van der Waals surface area contributed by atoms with Crippen LogP contribution in [0, 0.1) is 5.82 Å². The zero-order chi connectivity index (χ0) is 19.7. The van der Waals surface area contributed by atoms with Gasteiger partial charge in [0.2, 0.25) is 15.9 Å². The molecule has 1 N–H and O–H groups in total. The minimum absolute atomic E-state index is 0.0249. The topological polar surface area (TPSA) is 75.7 Å². The van der Waals surface area contributed by atoms with E-state index < -0.39 is 10.0 Å². The summed E-state index contributed by atoms with van der Waals surface area (Å²) in [7, 11) is -3.37. The van der Waals surface area contributed by atoms with Gasteiger partial charge in [-0.25, -0.2) is 17.1 Å². The highest BCUT2D eigenvalue weighted by atomic mass is 32.2. The Morgan fingerprint density at radius 2 is 2.00 bits per heavy atom. The van der Waals surface area contributed by atoms with E-state index in [1.54, 1.807) is 6.07 Å². The number of nitrogens with one attached hydrogen (secondary N) is 1. The predicted molar refractivity (Wildman–Crippen MR) is 103 cm³/mol. The highest BCUT2D eigenvalue weighted by Crippen LogP contribution is 2.18. The maximum absolute atomic E-state index is 13.8. The summed E-state index contributed by atoms with van der Waals surface area (Å²) in [5.41, 5.74) is 0.756. The van der Waals surface area contributed by atoms with E-state index >= 15 is 0 Å². The van der Waals surface area contributed by atoms with Crippen molar-refractivity contribution >= 4 is 15.9 Å². The van der Waals surface area contributed by atoms with Crippen LogP contribution in [0.3, 0.4) is 0 Å². The molecule has 2 rings (SSSR count). The van der Waals surface area contributed by atoms with Crippen molar-refractivity contribution in [2.24, 2.45) is 0 Å². The molecule has 0 fully saturated rings. The minimum atomic E-state index is -3.37. The molecule has 2 bridgehead atoms. The van der Waals surface area contributed by atoms with E-state index in [1.807, 2.05) is 6.92 Å². The first-order valence-corrected chi connectivity index (χ1v) is 11.2. The fraction of sp³-hybridized carbons (Fsp3) is 0.632. The van der Waals surface area contributed by atoms with Gasteiger partial charge in [-0.2, -0.15) is 0 Å². The monoisotopic (exact) mass is 400 g/mol. The Bertz CT molecular complexity index is 724. The summed E-state index contributed by atoms with van der Waals surface area (Å²) in [5, 5.41) is 2.76. The quantitative estimate of drug-likeness (QED) is 0.828. The number of hydrogen-bond donors (Lipinski definition) is 1. The Morgan fingerprint density at radius 1 is 1.19 bits per heavy atom. The highest BCUT2D eigenvalue weighted by molar-refractivity contribution is 7.89. The lowest BCUT2D eigenvalue weighted by atomic mass is 10.1. The highest BCUT2D eigenvalue weighted by Gasteiger charge is 2.21. The average molecular weight is 401 g/mol. The number of amides is 1. The van der Waals surface area contributed by atoms with E-state index in [0.717, 1.165) is 12.0 Å². The lowest BCUT2D eigenvalue weighted by Crippen LogP contribution is -2.35. The predicted octanol–water partition coefficient (Wildman–Crippen LogP) is 2.48. The molecule has 1 aliphatic rings. The fourth-order valence-electron chi connectivity index (χ4n) is 3.05. The number of benzene rings is 1. The largest absolute Gasteiger partial charge is 0.493 e. The Balaban J connectivity index is 2.07. The Labute approximate surface area is 161 Å². The van der Waals surface area contributed by atoms with E-state index in [1.165, 1.54) is 16.4 Å². The second-order valence-electron chi connectivity index (χ2n) is 6.77. The lowest BCUT2D eigenvalue weighted by Gasteiger charge is -2.21. The molecule has 0 unspecified atom stereocenters. The van der Waals surface area contributed by atoms with E-state index in [4.69, 9.17) is 4.74 Å². The summed E-state index contributed by atoms with van der Waals surface area (Å²) in [4.78, 5) is 11.9. The van der Waals surface area contributed by atoms with Crippen LogP contribution in [-0.4, -0.2) is 50.6 Å². The SMILES string of the molecule is CCCN1CCCCOc2cc(F)cc(c2)CCNC(=O)CCCS1(=O)=O. The summed E-state index contributed by atoms with van der Waals surface area (Å²) >= 11 is 0. The molecule has 1 heterocycles. The number of halogens is 1. The number of fused-ring (bicyclic) bond motifs is 2. The summed E-state index contributed by atoms with van der Waals surface area (Å²) in [6, 6.07) is 4.55. The summed E-state index contributed by atoms with van der Waals surface area (Å²) < 4.78 is 45.9. The molecule has 27 heavy (non-hydrogen) atoms. The van der Waals surface area contributed by atoms with Gasteiger partial charge in [-0.1, -0.05) is 6.92 Å². The maximum Gasteiger partial charge on any atom is 0.220 e. The molecule has 0 saturated carbocycles. The van der Waals surface area contributed by atoms with Gasteiger partial charge in [-0.15, -0.1) is 0 Å². The van der Waals surface area contributed by atoms with E-state index in [0.29, 0.717) is 57.7 Å². The molecular weight excluding hydrogens is 371 g/mol. The molecule has 8 heteroatoms. The van der Waals surface area contributed by atoms with Gasteiger partial charge in [0, 0.05) is 32.1 Å². The van der Waals surface area contributed by atoms with Crippen molar-refractivity contribution < 1.29 is 22.3 Å². The molecule has 6 nitrogen and oxygen atoms in total. The second-order valence-corrected chi connectivity index (χ2v) is 8.86. The Hall–Kier alpha value is -1.67. The molecule has 0 saturated heterocycles. The third-order valence-corrected chi connectivity index (χ3v) is 6.37. The van der Waals surface area contributed by atoms with Crippen molar-refractivity contribution in [3.8, 4) is 5.75 Å². The van der Waals surface area contributed by atoms with Gasteiger partial charge >= 0.3 is 0 Å². The number of ether oxygens (including phenoxy) is 1. The first-order valence-electron chi connectivity index (χ1n) is 9.57. The lowest BCUT2D eigenvalue weighted by molar-refractivity contribution is -0.121. The van der Waals surface area contributed by atoms with Gasteiger partial charge in [0.05, 0.1) is 12.4 Å². The standard InChI is InChI=1S/C19H29FN2O4S/c1-2-9-22-10-3-4-11-26-18-14-16(13-17(20)15-18)7-8-21-19(23)6-5-12-27(22,24)25/h13-15H,2-12H2,1H3,(H,21,23). The normalized spacial score (nSPS) is 20.3. The second kappa shape index (κ2) is 10.6. The van der Waals surface area contributed by atoms with Gasteiger partial charge in [0.25, 0.3) is 0 Å². The van der Waals surface area contributed by atoms with Gasteiger partial charge < -0.3 is 10.1 Å². The van der Waals surface area contributed by atoms with Crippen molar-refractivity contribution in [1.82, 2.24) is 9.62 Å². The zero-order valence-electron chi connectivity index (χ0n) is 15.9. The molecule has 1 aromatic carbocycles. The molecule has 0 radical (unpaired) electrons. The van der Waals surface area contributed by atoms with Crippen molar-refractivity contribution in [3.63, 3.8) is 0 Å². The number of hydrogen-bond acceptors (Lipinski definition) is 4. The molecular formula is C19H29FN2O4S. The number of carbonyl (C=O) groups excluding carboxylic acids is 1. The van der Waals surface area contributed by atoms with E-state index in [-0.39, 0.29) is 23.9 Å². The van der Waals surface area contributed by atoms with Crippen LogP contribution in [0.4, 0.5) is 4.39 Å². The van der Waals surface area contributed by atoms with Crippen LogP contribution < -0.4 is 10.1 Å². The van der Waals surface area contributed by atoms with Gasteiger partial charge in [0.1, 0.15) is 11.6 Å².